The van der Waals surface area contributed by atoms with Gasteiger partial charge in [0.15, 0.2) is 0 Å². The van der Waals surface area contributed by atoms with Crippen molar-refractivity contribution in [2.45, 2.75) is 175 Å². The summed E-state index contributed by atoms with van der Waals surface area (Å²) in [5.41, 5.74) is 2.98. The second-order valence-corrected chi connectivity index (χ2v) is 29.1. The van der Waals surface area contributed by atoms with Gasteiger partial charge in [0.2, 0.25) is 0 Å². The fourth-order valence-electron chi connectivity index (χ4n) is 9.89. The number of benzene rings is 6. The molecule has 1 aromatic heterocycles. The third-order valence-corrected chi connectivity index (χ3v) is 18.6. The van der Waals surface area contributed by atoms with Crippen molar-refractivity contribution in [1.29, 1.82) is 0 Å². The molecule has 6 aromatic carbocycles. The SMILES string of the molecule is Cc1ccc(S(=O)(=O)Oc2c(C(C)(C)C)cc(C)c(Cn3c(=O)n(Cc4c(C)cc(C(C)(C)C)c(OS(=O)(=O)c5ccc(C)cc5)c4C)c(=O)n(Cc4c(C)cc(C(C)(C)C)c(OS(=O)(=O)c5ccc(C)cc5)c4C)c3=O)c2C)cc1. The maximum absolute atomic E-state index is 15.4. The zero-order valence-electron chi connectivity index (χ0n) is 49.7. The quantitative estimate of drug-likeness (QED) is 0.0882. The molecular formula is C63H75N3O12S3. The van der Waals surface area contributed by atoms with Crippen molar-refractivity contribution < 1.29 is 37.8 Å². The third-order valence-electron chi connectivity index (χ3n) is 14.9. The molecule has 1 heterocycles. The van der Waals surface area contributed by atoms with Crippen LogP contribution in [0.5, 0.6) is 17.2 Å². The van der Waals surface area contributed by atoms with Gasteiger partial charge in [-0.15, -0.1) is 0 Å². The molecule has 15 nitrogen and oxygen atoms in total. The Labute approximate surface area is 477 Å². The van der Waals surface area contributed by atoms with E-state index in [9.17, 15) is 25.3 Å². The standard InChI is InChI=1S/C63H75N3O12S3/c1-37-19-25-46(26-20-37)79(70,71)76-55-43(7)49(40(4)31-52(55)61(10,11)12)34-64-58(67)65(35-50-41(5)32-53(62(13,14)15)56(44(50)8)77-80(72,73)47-27-21-38(2)22-28-47)60(69)66(59(64)68)36-51-42(6)33-54(63(16,17)18)57(45(51)9)78-81(74,75)48-29-23-39(3)24-30-48/h19-33H,34-36H2,1-18H3. The van der Waals surface area contributed by atoms with Crippen LogP contribution in [0.3, 0.4) is 0 Å². The highest BCUT2D eigenvalue weighted by molar-refractivity contribution is 7.87. The van der Waals surface area contributed by atoms with Gasteiger partial charge >= 0.3 is 47.4 Å². The molecule has 0 spiro atoms. The molecule has 0 saturated carbocycles. The smallest absolute Gasteiger partial charge is 0.339 e. The molecule has 0 N–H and O–H groups in total. The molecule has 0 fully saturated rings. The Bertz CT molecular complexity index is 3710. The molecule has 432 valence electrons. The van der Waals surface area contributed by atoms with Gasteiger partial charge in [-0.3, -0.25) is 0 Å². The van der Waals surface area contributed by atoms with Crippen LogP contribution >= 0.6 is 0 Å². The Morgan fingerprint density at radius 1 is 0.346 bits per heavy atom. The first kappa shape index (κ1) is 61.6. The molecule has 0 aliphatic rings. The largest absolute Gasteiger partial charge is 0.378 e. The van der Waals surface area contributed by atoms with E-state index in [1.54, 1.807) is 96.1 Å². The molecule has 0 bridgehead atoms. The Hall–Kier alpha value is -7.02. The lowest BCUT2D eigenvalue weighted by molar-refractivity contribution is 0.464. The Kier molecular flexibility index (Phi) is 16.8. The zero-order chi connectivity index (χ0) is 60.4. The topological polar surface area (TPSA) is 196 Å². The monoisotopic (exact) mass is 1160 g/mol. The summed E-state index contributed by atoms with van der Waals surface area (Å²) < 4.78 is 105. The molecule has 0 atom stereocenters. The summed E-state index contributed by atoms with van der Waals surface area (Å²) in [6, 6.07) is 24.0. The minimum absolute atomic E-state index is 0.0157. The Balaban J connectivity index is 1.50. The number of rotatable bonds is 15. The zero-order valence-corrected chi connectivity index (χ0v) is 52.2. The predicted octanol–water partition coefficient (Wildman–Crippen LogP) is 11.3. The molecule has 7 rings (SSSR count). The molecule has 0 radical (unpaired) electrons. The minimum Gasteiger partial charge on any atom is -0.378 e. The van der Waals surface area contributed by atoms with Gasteiger partial charge in [0.05, 0.1) is 19.6 Å². The lowest BCUT2D eigenvalue weighted by Crippen LogP contribution is -2.55. The first-order valence-corrected chi connectivity index (χ1v) is 30.9. The van der Waals surface area contributed by atoms with Crippen LogP contribution in [-0.4, -0.2) is 39.0 Å². The van der Waals surface area contributed by atoms with Crippen LogP contribution in [0.2, 0.25) is 0 Å². The molecule has 0 aliphatic carbocycles. The lowest BCUT2D eigenvalue weighted by Gasteiger charge is -2.28. The molecular weight excluding hydrogens is 1090 g/mol. The summed E-state index contributed by atoms with van der Waals surface area (Å²) in [4.78, 5) is 46.0. The highest BCUT2D eigenvalue weighted by Crippen LogP contribution is 2.42. The molecule has 0 saturated heterocycles. The van der Waals surface area contributed by atoms with Crippen molar-refractivity contribution in [3.8, 4) is 17.2 Å². The van der Waals surface area contributed by atoms with Crippen LogP contribution in [0, 0.1) is 62.3 Å². The summed E-state index contributed by atoms with van der Waals surface area (Å²) >= 11 is 0. The molecule has 0 unspecified atom stereocenters. The number of nitrogens with zero attached hydrogens (tertiary/aromatic N) is 3. The normalized spacial score (nSPS) is 12.7. The van der Waals surface area contributed by atoms with E-state index in [1.165, 1.54) is 36.4 Å². The van der Waals surface area contributed by atoms with E-state index >= 15 is 14.4 Å². The molecule has 81 heavy (non-hydrogen) atoms. The molecule has 18 heteroatoms. The van der Waals surface area contributed by atoms with Gasteiger partial charge in [-0.25, -0.2) is 28.1 Å². The van der Waals surface area contributed by atoms with Crippen LogP contribution in [0.15, 0.2) is 120 Å². The van der Waals surface area contributed by atoms with E-state index in [4.69, 9.17) is 12.5 Å². The summed E-state index contributed by atoms with van der Waals surface area (Å²) in [5, 5.41) is 0. The first-order chi connectivity index (χ1) is 37.2. The molecule has 7 aromatic rings. The summed E-state index contributed by atoms with van der Waals surface area (Å²) in [6.07, 6.45) is 0. The highest BCUT2D eigenvalue weighted by Gasteiger charge is 2.33. The van der Waals surface area contributed by atoms with E-state index in [2.05, 4.69) is 0 Å². The van der Waals surface area contributed by atoms with Gasteiger partial charge in [0.25, 0.3) is 0 Å². The van der Waals surface area contributed by atoms with Crippen LogP contribution in [0.1, 0.15) is 146 Å². The van der Waals surface area contributed by atoms with Crippen LogP contribution in [0.25, 0.3) is 0 Å². The number of aromatic nitrogens is 3. The van der Waals surface area contributed by atoms with Crippen molar-refractivity contribution in [2.24, 2.45) is 0 Å². The average molecular weight is 1160 g/mol. The van der Waals surface area contributed by atoms with Crippen LogP contribution in [0.4, 0.5) is 0 Å². The van der Waals surface area contributed by atoms with Crippen molar-refractivity contribution in [2.75, 3.05) is 0 Å². The molecule has 0 aliphatic heterocycles. The Morgan fingerprint density at radius 2 is 0.543 bits per heavy atom. The Morgan fingerprint density at radius 3 is 0.728 bits per heavy atom. The number of hydrogen-bond acceptors (Lipinski definition) is 12. The maximum atomic E-state index is 15.4. The van der Waals surface area contributed by atoms with E-state index < -0.39 is 83.3 Å². The van der Waals surface area contributed by atoms with Crippen LogP contribution in [-0.2, 0) is 66.2 Å². The second kappa shape index (κ2) is 22.0. The highest BCUT2D eigenvalue weighted by atomic mass is 32.2. The summed E-state index contributed by atoms with van der Waals surface area (Å²) in [5.74, 6) is 0.0472. The fourth-order valence-corrected chi connectivity index (χ4v) is 12.9. The van der Waals surface area contributed by atoms with E-state index in [0.29, 0.717) is 66.8 Å². The van der Waals surface area contributed by atoms with Gasteiger partial charge < -0.3 is 12.5 Å². The minimum atomic E-state index is -4.42. The molecule has 0 amide bonds. The predicted molar refractivity (Wildman–Crippen MR) is 317 cm³/mol. The summed E-state index contributed by atoms with van der Waals surface area (Å²) in [7, 11) is -13.3. The van der Waals surface area contributed by atoms with Gasteiger partial charge in [0.1, 0.15) is 31.9 Å². The van der Waals surface area contributed by atoms with Gasteiger partial charge in [-0.2, -0.15) is 25.3 Å². The number of aryl methyl sites for hydroxylation is 6. The fraction of sp³-hybridized carbons (Fsp3) is 0.381. The first-order valence-electron chi connectivity index (χ1n) is 26.6. The average Bonchev–Trinajstić information content (AvgIpc) is 3.56. The lowest BCUT2D eigenvalue weighted by atomic mass is 9.82. The van der Waals surface area contributed by atoms with Crippen molar-refractivity contribution in [3.05, 3.63) is 206 Å². The van der Waals surface area contributed by atoms with Crippen molar-refractivity contribution in [3.63, 3.8) is 0 Å². The van der Waals surface area contributed by atoms with Crippen molar-refractivity contribution >= 4 is 30.4 Å². The van der Waals surface area contributed by atoms with Crippen molar-refractivity contribution in [1.82, 2.24) is 13.7 Å². The number of hydrogen-bond donors (Lipinski definition) is 0. The third kappa shape index (κ3) is 12.7. The van der Waals surface area contributed by atoms with Gasteiger partial charge in [-0.1, -0.05) is 134 Å². The van der Waals surface area contributed by atoms with Gasteiger partial charge in [0, 0.05) is 16.7 Å². The van der Waals surface area contributed by atoms with E-state index in [-0.39, 0.29) is 31.9 Å². The van der Waals surface area contributed by atoms with E-state index in [1.807, 2.05) is 83.1 Å². The van der Waals surface area contributed by atoms with Gasteiger partial charge in [-0.05, 0) is 165 Å². The maximum Gasteiger partial charge on any atom is 0.339 e. The second-order valence-electron chi connectivity index (χ2n) is 24.4. The summed E-state index contributed by atoms with van der Waals surface area (Å²) in [6.45, 7) is 31.6. The van der Waals surface area contributed by atoms with E-state index in [0.717, 1.165) is 30.4 Å². The van der Waals surface area contributed by atoms with Crippen LogP contribution < -0.4 is 29.6 Å².